The van der Waals surface area contributed by atoms with Gasteiger partial charge in [0.05, 0.1) is 0 Å². The normalized spacial score (nSPS) is 29.3. The van der Waals surface area contributed by atoms with Crippen molar-refractivity contribution in [1.82, 2.24) is 0 Å². The molecule has 0 bridgehead atoms. The van der Waals surface area contributed by atoms with Crippen LogP contribution in [0, 0.1) is 0 Å². The molecule has 1 heterocycles. The highest BCUT2D eigenvalue weighted by Gasteiger charge is 2.48. The van der Waals surface area contributed by atoms with Crippen molar-refractivity contribution in [2.75, 3.05) is 6.61 Å². The third-order valence-electron chi connectivity index (χ3n) is 2.95. The lowest BCUT2D eigenvalue weighted by Gasteiger charge is -2.47. The predicted molar refractivity (Wildman–Crippen MR) is 79.3 cm³/mol. The Hall–Kier alpha value is -1.81. The maximum absolute atomic E-state index is 11.4. The Balaban J connectivity index is 3.11. The molecule has 1 unspecified atom stereocenters. The zero-order chi connectivity index (χ0) is 18.4. The monoisotopic (exact) mass is 363 g/mol. The van der Waals surface area contributed by atoms with Crippen molar-refractivity contribution in [3.05, 3.63) is 0 Å². The van der Waals surface area contributed by atoms with Gasteiger partial charge in [0, 0.05) is 27.7 Å². The molecule has 0 spiro atoms. The van der Waals surface area contributed by atoms with Crippen molar-refractivity contribution < 1.29 is 42.9 Å². The molecular formula is C14H19O9S-. The Morgan fingerprint density at radius 1 is 0.792 bits per heavy atom. The summed E-state index contributed by atoms with van der Waals surface area (Å²) in [4.78, 5) is 45.0. The molecule has 0 aromatic rings. The molecule has 0 saturated carbocycles. The van der Waals surface area contributed by atoms with Crippen molar-refractivity contribution in [3.8, 4) is 0 Å². The summed E-state index contributed by atoms with van der Waals surface area (Å²) in [6.07, 6.45) is -4.47. The molecule has 1 aliphatic rings. The average molecular weight is 363 g/mol. The Labute approximate surface area is 144 Å². The molecule has 0 radical (unpaired) electrons. The molecule has 0 amide bonds. The van der Waals surface area contributed by atoms with Crippen LogP contribution < -0.4 is 0 Å². The standard InChI is InChI=1S/C14H20O9S/c1-6(15)19-5-10-11(20-7(2)16)12(21-8(3)17)13(14(24)23-10)22-9(4)18/h10-14,24H,5H2,1-4H3/p-1/t10-,11-,12?,13-,14+/m1/s1. The number of esters is 4. The van der Waals surface area contributed by atoms with Crippen LogP contribution in [-0.4, -0.2) is 60.3 Å². The van der Waals surface area contributed by atoms with Gasteiger partial charge in [-0.2, -0.15) is 0 Å². The van der Waals surface area contributed by atoms with Gasteiger partial charge in [0.25, 0.3) is 0 Å². The van der Waals surface area contributed by atoms with Gasteiger partial charge < -0.3 is 36.3 Å². The number of carbonyl (C=O) groups excluding carboxylic acids is 4. The SMILES string of the molecule is CC(=O)OC[C@H]1O[C@@H]([S-])[C@H](OC(C)=O)C(OC(C)=O)[C@@H]1OC(C)=O. The minimum Gasteiger partial charge on any atom is -0.757 e. The molecule has 1 fully saturated rings. The van der Waals surface area contributed by atoms with E-state index in [0.717, 1.165) is 20.8 Å². The van der Waals surface area contributed by atoms with Gasteiger partial charge in [-0.15, -0.1) is 0 Å². The highest BCUT2D eigenvalue weighted by molar-refractivity contribution is 7.59. The van der Waals surface area contributed by atoms with Gasteiger partial charge in [0.15, 0.2) is 12.2 Å². The molecule has 1 saturated heterocycles. The Kier molecular flexibility index (Phi) is 7.49. The smallest absolute Gasteiger partial charge is 0.303 e. The Morgan fingerprint density at radius 2 is 1.25 bits per heavy atom. The fraction of sp³-hybridized carbons (Fsp3) is 0.714. The van der Waals surface area contributed by atoms with Crippen molar-refractivity contribution >= 4 is 36.5 Å². The molecule has 9 nitrogen and oxygen atoms in total. The van der Waals surface area contributed by atoms with E-state index in [4.69, 9.17) is 36.3 Å². The summed E-state index contributed by atoms with van der Waals surface area (Å²) in [7, 11) is 0. The first-order valence-electron chi connectivity index (χ1n) is 7.08. The van der Waals surface area contributed by atoms with Crippen LogP contribution in [0.5, 0.6) is 0 Å². The zero-order valence-corrected chi connectivity index (χ0v) is 14.5. The topological polar surface area (TPSA) is 114 Å². The van der Waals surface area contributed by atoms with E-state index in [9.17, 15) is 19.2 Å². The summed E-state index contributed by atoms with van der Waals surface area (Å²) >= 11 is 5.11. The zero-order valence-electron chi connectivity index (χ0n) is 13.7. The van der Waals surface area contributed by atoms with Gasteiger partial charge in [-0.1, -0.05) is 0 Å². The van der Waals surface area contributed by atoms with Gasteiger partial charge in [0.1, 0.15) is 18.8 Å². The molecule has 0 aromatic heterocycles. The van der Waals surface area contributed by atoms with Crippen LogP contribution in [0.4, 0.5) is 0 Å². The first kappa shape index (κ1) is 20.2. The number of carbonyl (C=O) groups is 4. The van der Waals surface area contributed by atoms with E-state index in [1.165, 1.54) is 6.92 Å². The molecule has 0 aliphatic carbocycles. The van der Waals surface area contributed by atoms with E-state index >= 15 is 0 Å². The average Bonchev–Trinajstić information content (AvgIpc) is 2.42. The minimum absolute atomic E-state index is 0.273. The fourth-order valence-corrected chi connectivity index (χ4v) is 2.54. The van der Waals surface area contributed by atoms with Crippen LogP contribution in [0.1, 0.15) is 27.7 Å². The van der Waals surface area contributed by atoms with E-state index in [2.05, 4.69) is 0 Å². The summed E-state index contributed by atoms with van der Waals surface area (Å²) in [5.41, 5.74) is -1.09. The number of hydrogen-bond acceptors (Lipinski definition) is 10. The molecule has 1 rings (SSSR count). The lowest BCUT2D eigenvalue weighted by atomic mass is 9.99. The third kappa shape index (κ3) is 6.00. The summed E-state index contributed by atoms with van der Waals surface area (Å²) in [5, 5.41) is 0. The highest BCUT2D eigenvalue weighted by Crippen LogP contribution is 2.28. The fourth-order valence-electron chi connectivity index (χ4n) is 2.19. The van der Waals surface area contributed by atoms with Crippen LogP contribution >= 0.6 is 0 Å². The molecular weight excluding hydrogens is 344 g/mol. The highest BCUT2D eigenvalue weighted by atomic mass is 32.1. The number of hydrogen-bond donors (Lipinski definition) is 0. The van der Waals surface area contributed by atoms with Gasteiger partial charge in [-0.25, -0.2) is 0 Å². The molecule has 10 heteroatoms. The summed E-state index contributed by atoms with van der Waals surface area (Å²) in [6, 6.07) is 0. The van der Waals surface area contributed by atoms with E-state index < -0.39 is 53.7 Å². The Bertz CT molecular complexity index is 506. The molecule has 0 N–H and O–H groups in total. The second-order valence-electron chi connectivity index (χ2n) is 5.07. The summed E-state index contributed by atoms with van der Waals surface area (Å²) in [5.74, 6) is -2.62. The Morgan fingerprint density at radius 3 is 1.71 bits per heavy atom. The number of ether oxygens (including phenoxy) is 5. The lowest BCUT2D eigenvalue weighted by Crippen LogP contribution is -2.61. The molecule has 0 aromatic carbocycles. The van der Waals surface area contributed by atoms with Gasteiger partial charge in [-0.3, -0.25) is 19.2 Å². The lowest BCUT2D eigenvalue weighted by molar-refractivity contribution is -0.237. The van der Waals surface area contributed by atoms with Gasteiger partial charge in [0.2, 0.25) is 0 Å². The quantitative estimate of drug-likeness (QED) is 0.363. The van der Waals surface area contributed by atoms with Crippen LogP contribution in [-0.2, 0) is 55.5 Å². The first-order valence-corrected chi connectivity index (χ1v) is 7.55. The molecule has 5 atom stereocenters. The molecule has 24 heavy (non-hydrogen) atoms. The number of rotatable bonds is 5. The molecule has 1 aliphatic heterocycles. The van der Waals surface area contributed by atoms with Gasteiger partial charge in [-0.05, 0) is 5.44 Å². The third-order valence-corrected chi connectivity index (χ3v) is 3.33. The second-order valence-corrected chi connectivity index (χ2v) is 5.53. The van der Waals surface area contributed by atoms with Crippen molar-refractivity contribution in [2.45, 2.75) is 57.5 Å². The van der Waals surface area contributed by atoms with E-state index in [0.29, 0.717) is 0 Å². The van der Waals surface area contributed by atoms with Crippen molar-refractivity contribution in [2.24, 2.45) is 0 Å². The van der Waals surface area contributed by atoms with E-state index in [1.54, 1.807) is 0 Å². The maximum atomic E-state index is 11.4. The van der Waals surface area contributed by atoms with Crippen LogP contribution in [0.25, 0.3) is 0 Å². The summed E-state index contributed by atoms with van der Waals surface area (Å²) in [6.45, 7) is 4.36. The van der Waals surface area contributed by atoms with Crippen LogP contribution in [0.2, 0.25) is 0 Å². The van der Waals surface area contributed by atoms with Crippen molar-refractivity contribution in [1.29, 1.82) is 0 Å². The summed E-state index contributed by atoms with van der Waals surface area (Å²) < 4.78 is 25.7. The van der Waals surface area contributed by atoms with Crippen LogP contribution in [0.15, 0.2) is 0 Å². The molecule has 136 valence electrons. The first-order chi connectivity index (χ1) is 11.1. The van der Waals surface area contributed by atoms with Crippen molar-refractivity contribution in [3.63, 3.8) is 0 Å². The largest absolute Gasteiger partial charge is 0.757 e. The van der Waals surface area contributed by atoms with Gasteiger partial charge >= 0.3 is 23.9 Å². The van der Waals surface area contributed by atoms with E-state index in [1.807, 2.05) is 0 Å². The maximum Gasteiger partial charge on any atom is 0.303 e. The minimum atomic E-state index is -1.19. The van der Waals surface area contributed by atoms with E-state index in [-0.39, 0.29) is 6.61 Å². The van der Waals surface area contributed by atoms with Crippen LogP contribution in [0.3, 0.4) is 0 Å². The predicted octanol–water partition coefficient (Wildman–Crippen LogP) is -0.384. The second kappa shape index (κ2) is 8.88.